The van der Waals surface area contributed by atoms with Crippen molar-refractivity contribution in [3.8, 4) is 0 Å². The number of thiophene rings is 1. The number of aromatic carboxylic acids is 1. The number of benzene rings is 1. The molecule has 0 spiro atoms. The van der Waals surface area contributed by atoms with Gasteiger partial charge in [0.05, 0.1) is 14.0 Å². The Labute approximate surface area is 139 Å². The zero-order valence-electron chi connectivity index (χ0n) is 11.0. The van der Waals surface area contributed by atoms with Gasteiger partial charge in [-0.05, 0) is 59.2 Å². The molecule has 2 aromatic rings. The van der Waals surface area contributed by atoms with Crippen molar-refractivity contribution in [2.24, 2.45) is 0 Å². The highest BCUT2D eigenvalue weighted by Crippen LogP contribution is 2.31. The second-order valence-electron chi connectivity index (χ2n) is 4.81. The van der Waals surface area contributed by atoms with Crippen LogP contribution in [0.25, 0.3) is 0 Å². The van der Waals surface area contributed by atoms with Crippen LogP contribution < -0.4 is 4.90 Å². The largest absolute Gasteiger partial charge is 0.478 e. The number of nitrogens with zero attached hydrogens (tertiary/aromatic N) is 1. The Balaban J connectivity index is 2.03. The van der Waals surface area contributed by atoms with Crippen molar-refractivity contribution in [1.29, 1.82) is 0 Å². The lowest BCUT2D eigenvalue weighted by Crippen LogP contribution is -2.35. The Hall–Kier alpha value is -1.41. The fourth-order valence-corrected chi connectivity index (χ4v) is 3.93. The lowest BCUT2D eigenvalue weighted by Gasteiger charge is -2.30. The molecule has 1 aromatic heterocycles. The minimum absolute atomic E-state index is 0.0577. The third kappa shape index (κ3) is 2.69. The normalized spacial score (nSPS) is 13.9. The average Bonchev–Trinajstić information content (AvgIpc) is 2.91. The third-order valence-electron chi connectivity index (χ3n) is 3.54. The molecule has 1 N–H and O–H groups in total. The maximum atomic E-state index is 12.6. The zero-order chi connectivity index (χ0) is 15.0. The number of fused-ring (bicyclic) bond motifs is 1. The van der Waals surface area contributed by atoms with Crippen LogP contribution >= 0.6 is 33.9 Å². The molecule has 6 heteroatoms. The summed E-state index contributed by atoms with van der Waals surface area (Å²) >= 11 is 3.72. The quantitative estimate of drug-likeness (QED) is 0.765. The van der Waals surface area contributed by atoms with Crippen LogP contribution in [0.4, 0.5) is 5.69 Å². The number of hydrogen-bond donors (Lipinski definition) is 1. The van der Waals surface area contributed by atoms with Gasteiger partial charge < -0.3 is 10.0 Å². The number of carboxylic acid groups (broad SMARTS) is 1. The number of carboxylic acids is 1. The molecule has 0 fully saturated rings. The summed E-state index contributed by atoms with van der Waals surface area (Å²) in [7, 11) is 0. The summed E-state index contributed by atoms with van der Waals surface area (Å²) in [6.45, 7) is 0.626. The minimum atomic E-state index is -0.939. The van der Waals surface area contributed by atoms with Gasteiger partial charge in [0.2, 0.25) is 0 Å². The van der Waals surface area contributed by atoms with Crippen molar-refractivity contribution in [2.45, 2.75) is 12.8 Å². The van der Waals surface area contributed by atoms with E-state index in [4.69, 9.17) is 0 Å². The van der Waals surface area contributed by atoms with E-state index in [9.17, 15) is 14.7 Å². The molecule has 0 saturated heterocycles. The molecule has 0 saturated carbocycles. The predicted octanol–water partition coefficient (Wildman–Crippen LogP) is 3.64. The second kappa shape index (κ2) is 5.76. The Morgan fingerprint density at radius 1 is 1.33 bits per heavy atom. The highest BCUT2D eigenvalue weighted by Gasteiger charge is 2.27. The molecule has 1 aliphatic rings. The van der Waals surface area contributed by atoms with E-state index in [0.717, 1.165) is 20.6 Å². The molecule has 4 nitrogen and oxygen atoms in total. The van der Waals surface area contributed by atoms with E-state index < -0.39 is 5.97 Å². The summed E-state index contributed by atoms with van der Waals surface area (Å²) in [6.07, 6.45) is 1.48. The fraction of sp³-hybridized carbons (Fsp3) is 0.200. The summed E-state index contributed by atoms with van der Waals surface area (Å²) in [5.41, 5.74) is 2.45. The fourth-order valence-electron chi connectivity index (χ4n) is 2.61. The van der Waals surface area contributed by atoms with Crippen molar-refractivity contribution in [1.82, 2.24) is 0 Å². The van der Waals surface area contributed by atoms with E-state index >= 15 is 0 Å². The SMILES string of the molecule is O=C(O)c1cccc2c1CCCN2C(=O)c1csc(I)c1. The first kappa shape index (κ1) is 14.5. The lowest BCUT2D eigenvalue weighted by atomic mass is 9.96. The molecular weight excluding hydrogens is 401 g/mol. The lowest BCUT2D eigenvalue weighted by molar-refractivity contribution is 0.0695. The first-order chi connectivity index (χ1) is 10.1. The number of carbonyl (C=O) groups is 2. The summed E-state index contributed by atoms with van der Waals surface area (Å²) in [6, 6.07) is 6.99. The van der Waals surface area contributed by atoms with Crippen LogP contribution in [0.15, 0.2) is 29.6 Å². The van der Waals surface area contributed by atoms with E-state index in [1.165, 1.54) is 11.3 Å². The maximum absolute atomic E-state index is 12.6. The first-order valence-electron chi connectivity index (χ1n) is 6.49. The van der Waals surface area contributed by atoms with Gasteiger partial charge in [-0.25, -0.2) is 4.79 Å². The summed E-state index contributed by atoms with van der Waals surface area (Å²) in [5, 5.41) is 11.1. The maximum Gasteiger partial charge on any atom is 0.336 e. The van der Waals surface area contributed by atoms with Gasteiger partial charge in [-0.3, -0.25) is 4.79 Å². The first-order valence-corrected chi connectivity index (χ1v) is 8.45. The third-order valence-corrected chi connectivity index (χ3v) is 5.33. The smallest absolute Gasteiger partial charge is 0.336 e. The molecule has 21 heavy (non-hydrogen) atoms. The van der Waals surface area contributed by atoms with Crippen LogP contribution in [0.3, 0.4) is 0 Å². The minimum Gasteiger partial charge on any atom is -0.478 e. The molecule has 1 aliphatic heterocycles. The van der Waals surface area contributed by atoms with Crippen molar-refractivity contribution in [3.63, 3.8) is 0 Å². The number of carbonyl (C=O) groups excluding carboxylic acids is 1. The molecule has 3 rings (SSSR count). The Morgan fingerprint density at radius 3 is 2.81 bits per heavy atom. The Kier molecular flexibility index (Phi) is 3.99. The number of halogens is 1. The van der Waals surface area contributed by atoms with Gasteiger partial charge in [-0.15, -0.1) is 11.3 Å². The van der Waals surface area contributed by atoms with E-state index in [2.05, 4.69) is 22.6 Å². The van der Waals surface area contributed by atoms with Crippen LogP contribution in [0, 0.1) is 2.88 Å². The highest BCUT2D eigenvalue weighted by molar-refractivity contribution is 14.1. The van der Waals surface area contributed by atoms with Crippen LogP contribution in [0.1, 0.15) is 32.7 Å². The van der Waals surface area contributed by atoms with Crippen molar-refractivity contribution in [2.75, 3.05) is 11.4 Å². The summed E-state index contributed by atoms with van der Waals surface area (Å²) < 4.78 is 1.06. The topological polar surface area (TPSA) is 57.6 Å². The van der Waals surface area contributed by atoms with Gasteiger partial charge in [0.1, 0.15) is 0 Å². The number of amides is 1. The Bertz CT molecular complexity index is 725. The number of anilines is 1. The molecule has 1 aromatic carbocycles. The van der Waals surface area contributed by atoms with Gasteiger partial charge in [0, 0.05) is 17.6 Å². The molecule has 1 amide bonds. The molecule has 108 valence electrons. The van der Waals surface area contributed by atoms with E-state index in [1.807, 2.05) is 17.5 Å². The van der Waals surface area contributed by atoms with Crippen molar-refractivity contribution < 1.29 is 14.7 Å². The summed E-state index contributed by atoms with van der Waals surface area (Å²) in [5.74, 6) is -0.996. The predicted molar refractivity (Wildman–Crippen MR) is 90.4 cm³/mol. The van der Waals surface area contributed by atoms with E-state index in [1.54, 1.807) is 17.0 Å². The molecular formula is C15H12INO3S. The number of rotatable bonds is 2. The van der Waals surface area contributed by atoms with Gasteiger partial charge in [-0.1, -0.05) is 6.07 Å². The van der Waals surface area contributed by atoms with Gasteiger partial charge in [-0.2, -0.15) is 0 Å². The van der Waals surface area contributed by atoms with Crippen LogP contribution in [-0.2, 0) is 6.42 Å². The molecule has 0 radical (unpaired) electrons. The van der Waals surface area contributed by atoms with Gasteiger partial charge in [0.15, 0.2) is 0 Å². The Morgan fingerprint density at radius 2 is 2.14 bits per heavy atom. The van der Waals surface area contributed by atoms with Crippen LogP contribution in [-0.4, -0.2) is 23.5 Å². The molecule has 0 aliphatic carbocycles. The summed E-state index contributed by atoms with van der Waals surface area (Å²) in [4.78, 5) is 25.7. The molecule has 0 atom stereocenters. The molecule has 2 heterocycles. The van der Waals surface area contributed by atoms with E-state index in [0.29, 0.717) is 24.1 Å². The monoisotopic (exact) mass is 413 g/mol. The van der Waals surface area contributed by atoms with Crippen molar-refractivity contribution in [3.05, 3.63) is 49.2 Å². The van der Waals surface area contributed by atoms with Crippen LogP contribution in [0.5, 0.6) is 0 Å². The standard InChI is InChI=1S/C15H12INO3S/c16-13-7-9(8-21-13)14(18)17-6-2-4-10-11(15(19)20)3-1-5-12(10)17/h1,3,5,7-8H,2,4,6H2,(H,19,20). The van der Waals surface area contributed by atoms with Crippen molar-refractivity contribution >= 4 is 51.5 Å². The molecule has 0 bridgehead atoms. The average molecular weight is 413 g/mol. The number of hydrogen-bond acceptors (Lipinski definition) is 3. The van der Waals surface area contributed by atoms with Gasteiger partial charge in [0.25, 0.3) is 5.91 Å². The highest BCUT2D eigenvalue weighted by atomic mass is 127. The van der Waals surface area contributed by atoms with Gasteiger partial charge >= 0.3 is 5.97 Å². The van der Waals surface area contributed by atoms with E-state index in [-0.39, 0.29) is 5.91 Å². The molecule has 0 unspecified atom stereocenters. The second-order valence-corrected chi connectivity index (χ2v) is 7.61. The van der Waals surface area contributed by atoms with Crippen LogP contribution in [0.2, 0.25) is 0 Å². The zero-order valence-corrected chi connectivity index (χ0v) is 14.0.